The third kappa shape index (κ3) is 3.92. The van der Waals surface area contributed by atoms with E-state index in [0.717, 1.165) is 5.01 Å². The summed E-state index contributed by atoms with van der Waals surface area (Å²) < 4.78 is 0. The molecule has 0 aliphatic carbocycles. The van der Waals surface area contributed by atoms with Gasteiger partial charge in [0.25, 0.3) is 11.8 Å². The summed E-state index contributed by atoms with van der Waals surface area (Å²) in [6.45, 7) is 3.03. The average molecular weight is 363 g/mol. The van der Waals surface area contributed by atoms with Crippen molar-refractivity contribution in [1.29, 1.82) is 0 Å². The number of aromatic hydroxyl groups is 1. The SMILES string of the molecule is CC(=O)Nc1ccc(C(=O)N2N=C(C)/C(=C/c3cccc(O)c3)C2=O)cc1. The van der Waals surface area contributed by atoms with Gasteiger partial charge in [-0.25, -0.2) is 0 Å². The van der Waals surface area contributed by atoms with Crippen molar-refractivity contribution < 1.29 is 19.5 Å². The Kier molecular flexibility index (Phi) is 4.85. The number of hydrogen-bond donors (Lipinski definition) is 2. The lowest BCUT2D eigenvalue weighted by atomic mass is 10.1. The summed E-state index contributed by atoms with van der Waals surface area (Å²) in [5.41, 5.74) is 2.14. The van der Waals surface area contributed by atoms with Gasteiger partial charge >= 0.3 is 0 Å². The number of nitrogens with zero attached hydrogens (tertiary/aromatic N) is 2. The molecule has 0 atom stereocenters. The second-order valence-electron chi connectivity index (χ2n) is 6.02. The fraction of sp³-hybridized carbons (Fsp3) is 0.100. The van der Waals surface area contributed by atoms with E-state index in [9.17, 15) is 19.5 Å². The summed E-state index contributed by atoms with van der Waals surface area (Å²) >= 11 is 0. The fourth-order valence-corrected chi connectivity index (χ4v) is 2.62. The molecular weight excluding hydrogens is 346 g/mol. The molecule has 0 aromatic heterocycles. The van der Waals surface area contributed by atoms with E-state index in [0.29, 0.717) is 17.0 Å². The molecule has 1 aliphatic heterocycles. The number of rotatable bonds is 3. The molecule has 2 aromatic carbocycles. The summed E-state index contributed by atoms with van der Waals surface area (Å²) in [5, 5.41) is 17.0. The van der Waals surface area contributed by atoms with Crippen LogP contribution in [0.5, 0.6) is 5.75 Å². The molecule has 1 heterocycles. The Morgan fingerprint density at radius 1 is 1.15 bits per heavy atom. The standard InChI is InChI=1S/C20H17N3O4/c1-12-18(11-14-4-3-5-17(25)10-14)20(27)23(22-12)19(26)15-6-8-16(9-7-15)21-13(2)24/h3-11,25H,1-2H3,(H,21,24)/b18-11-. The van der Waals surface area contributed by atoms with Crippen LogP contribution in [0.2, 0.25) is 0 Å². The largest absolute Gasteiger partial charge is 0.508 e. The first-order chi connectivity index (χ1) is 12.8. The first-order valence-electron chi connectivity index (χ1n) is 8.18. The quantitative estimate of drug-likeness (QED) is 0.647. The number of hydrogen-bond acceptors (Lipinski definition) is 5. The number of imide groups is 1. The minimum absolute atomic E-state index is 0.0802. The van der Waals surface area contributed by atoms with Crippen LogP contribution >= 0.6 is 0 Å². The Bertz CT molecular complexity index is 991. The van der Waals surface area contributed by atoms with Gasteiger partial charge < -0.3 is 10.4 Å². The molecule has 136 valence electrons. The van der Waals surface area contributed by atoms with Gasteiger partial charge in [-0.15, -0.1) is 0 Å². The molecule has 0 saturated carbocycles. The van der Waals surface area contributed by atoms with Gasteiger partial charge in [-0.2, -0.15) is 10.1 Å². The van der Waals surface area contributed by atoms with Crippen LogP contribution in [0.4, 0.5) is 5.69 Å². The number of carbonyl (C=O) groups is 3. The molecule has 27 heavy (non-hydrogen) atoms. The molecule has 2 N–H and O–H groups in total. The molecule has 0 saturated heterocycles. The highest BCUT2D eigenvalue weighted by Crippen LogP contribution is 2.22. The van der Waals surface area contributed by atoms with E-state index in [4.69, 9.17) is 0 Å². The predicted octanol–water partition coefficient (Wildman–Crippen LogP) is 2.79. The number of nitrogens with one attached hydrogen (secondary N) is 1. The van der Waals surface area contributed by atoms with Gasteiger partial charge in [0.2, 0.25) is 5.91 Å². The maximum Gasteiger partial charge on any atom is 0.283 e. The van der Waals surface area contributed by atoms with Gasteiger partial charge in [-0.3, -0.25) is 14.4 Å². The molecule has 0 spiro atoms. The summed E-state index contributed by atoms with van der Waals surface area (Å²) in [6, 6.07) is 12.6. The maximum atomic E-state index is 12.6. The molecule has 0 unspecified atom stereocenters. The highest BCUT2D eigenvalue weighted by molar-refractivity contribution is 6.30. The van der Waals surface area contributed by atoms with Gasteiger partial charge in [0.05, 0.1) is 11.3 Å². The Hall–Kier alpha value is -3.74. The van der Waals surface area contributed by atoms with Crippen LogP contribution in [0.15, 0.2) is 59.2 Å². The molecule has 2 aromatic rings. The highest BCUT2D eigenvalue weighted by atomic mass is 16.3. The zero-order chi connectivity index (χ0) is 19.6. The maximum absolute atomic E-state index is 12.6. The number of anilines is 1. The molecular formula is C20H17N3O4. The molecule has 0 bridgehead atoms. The van der Waals surface area contributed by atoms with Crippen molar-refractivity contribution in [3.8, 4) is 5.75 Å². The third-order valence-corrected chi connectivity index (χ3v) is 3.89. The molecule has 3 amide bonds. The third-order valence-electron chi connectivity index (χ3n) is 3.89. The predicted molar refractivity (Wildman–Crippen MR) is 101 cm³/mol. The Balaban J connectivity index is 1.83. The van der Waals surface area contributed by atoms with Gasteiger partial charge in [0.15, 0.2) is 0 Å². The first kappa shape index (κ1) is 18.1. The van der Waals surface area contributed by atoms with Crippen molar-refractivity contribution in [3.05, 3.63) is 65.2 Å². The van der Waals surface area contributed by atoms with Crippen molar-refractivity contribution >= 4 is 35.2 Å². The van der Waals surface area contributed by atoms with Crippen LogP contribution in [0.25, 0.3) is 6.08 Å². The minimum Gasteiger partial charge on any atom is -0.508 e. The van der Waals surface area contributed by atoms with Crippen LogP contribution in [0, 0.1) is 0 Å². The second-order valence-corrected chi connectivity index (χ2v) is 6.02. The molecule has 7 heteroatoms. The lowest BCUT2D eigenvalue weighted by Gasteiger charge is -2.10. The van der Waals surface area contributed by atoms with Crippen LogP contribution in [-0.2, 0) is 9.59 Å². The topological polar surface area (TPSA) is 99.1 Å². The molecule has 1 aliphatic rings. The van der Waals surface area contributed by atoms with Crippen molar-refractivity contribution in [2.24, 2.45) is 5.10 Å². The van der Waals surface area contributed by atoms with E-state index in [1.807, 2.05) is 0 Å². The monoisotopic (exact) mass is 363 g/mol. The fourth-order valence-electron chi connectivity index (χ4n) is 2.62. The number of amides is 3. The number of carbonyl (C=O) groups excluding carboxylic acids is 3. The number of phenolic OH excluding ortho intramolecular Hbond substituents is 1. The normalized spacial score (nSPS) is 15.0. The van der Waals surface area contributed by atoms with Crippen molar-refractivity contribution in [1.82, 2.24) is 5.01 Å². The van der Waals surface area contributed by atoms with Crippen LogP contribution in [0.1, 0.15) is 29.8 Å². The summed E-state index contributed by atoms with van der Waals surface area (Å²) in [4.78, 5) is 36.3. The zero-order valence-electron chi connectivity index (χ0n) is 14.8. The van der Waals surface area contributed by atoms with Crippen LogP contribution in [0.3, 0.4) is 0 Å². The van der Waals surface area contributed by atoms with Gasteiger partial charge in [0.1, 0.15) is 5.75 Å². The number of benzene rings is 2. The van der Waals surface area contributed by atoms with E-state index >= 15 is 0 Å². The number of phenols is 1. The summed E-state index contributed by atoms with van der Waals surface area (Å²) in [6.07, 6.45) is 1.58. The molecule has 7 nitrogen and oxygen atoms in total. The Morgan fingerprint density at radius 2 is 1.85 bits per heavy atom. The average Bonchev–Trinajstić information content (AvgIpc) is 2.89. The van der Waals surface area contributed by atoms with Crippen LogP contribution < -0.4 is 5.32 Å². The van der Waals surface area contributed by atoms with Gasteiger partial charge in [0, 0.05) is 18.2 Å². The highest BCUT2D eigenvalue weighted by Gasteiger charge is 2.32. The Labute approximate surface area is 155 Å². The van der Waals surface area contributed by atoms with Gasteiger partial charge in [-0.05, 0) is 55.0 Å². The smallest absolute Gasteiger partial charge is 0.283 e. The molecule has 0 fully saturated rings. The lowest BCUT2D eigenvalue weighted by molar-refractivity contribution is -0.123. The van der Waals surface area contributed by atoms with E-state index < -0.39 is 11.8 Å². The van der Waals surface area contributed by atoms with Crippen molar-refractivity contribution in [2.75, 3.05) is 5.32 Å². The van der Waals surface area contributed by atoms with E-state index in [-0.39, 0.29) is 22.8 Å². The second kappa shape index (κ2) is 7.25. The summed E-state index contributed by atoms with van der Waals surface area (Å²) in [7, 11) is 0. The first-order valence-corrected chi connectivity index (χ1v) is 8.18. The van der Waals surface area contributed by atoms with Crippen molar-refractivity contribution in [2.45, 2.75) is 13.8 Å². The minimum atomic E-state index is -0.562. The van der Waals surface area contributed by atoms with E-state index in [1.165, 1.54) is 31.2 Å². The van der Waals surface area contributed by atoms with E-state index in [1.54, 1.807) is 37.3 Å². The van der Waals surface area contributed by atoms with Crippen LogP contribution in [-0.4, -0.2) is 33.5 Å². The summed E-state index contributed by atoms with van der Waals surface area (Å²) in [5.74, 6) is -1.23. The molecule has 3 rings (SSSR count). The number of hydrazone groups is 1. The molecule has 0 radical (unpaired) electrons. The Morgan fingerprint density at radius 3 is 2.48 bits per heavy atom. The lowest BCUT2D eigenvalue weighted by Crippen LogP contribution is -2.29. The van der Waals surface area contributed by atoms with Crippen molar-refractivity contribution in [3.63, 3.8) is 0 Å². The van der Waals surface area contributed by atoms with Gasteiger partial charge in [-0.1, -0.05) is 12.1 Å². The van der Waals surface area contributed by atoms with E-state index in [2.05, 4.69) is 10.4 Å². The zero-order valence-corrected chi connectivity index (χ0v) is 14.8.